The minimum atomic E-state index is -0.759. The van der Waals surface area contributed by atoms with Crippen LogP contribution in [0.3, 0.4) is 0 Å². The van der Waals surface area contributed by atoms with Crippen molar-refractivity contribution in [2.24, 2.45) is 0 Å². The fourth-order valence-electron chi connectivity index (χ4n) is 8.09. The highest BCUT2D eigenvalue weighted by Gasteiger charge is 2.19. The highest BCUT2D eigenvalue weighted by Crippen LogP contribution is 2.17. The zero-order valence-electron chi connectivity index (χ0n) is 40.1. The van der Waals surface area contributed by atoms with Crippen LogP contribution in [0, 0.1) is 0 Å². The minimum Gasteiger partial charge on any atom is -0.462 e. The molecule has 0 aromatic carbocycles. The molecule has 0 radical (unpaired) electrons. The van der Waals surface area contributed by atoms with E-state index >= 15 is 0 Å². The van der Waals surface area contributed by atoms with Crippen molar-refractivity contribution >= 4 is 17.9 Å². The van der Waals surface area contributed by atoms with Gasteiger partial charge < -0.3 is 14.2 Å². The molecule has 1 atom stereocenters. The second-order valence-corrected chi connectivity index (χ2v) is 18.2. The van der Waals surface area contributed by atoms with Gasteiger partial charge in [-0.2, -0.15) is 0 Å². The lowest BCUT2D eigenvalue weighted by Crippen LogP contribution is -2.30. The summed E-state index contributed by atoms with van der Waals surface area (Å²) in [5.74, 6) is -0.839. The van der Waals surface area contributed by atoms with Crippen LogP contribution in [-0.4, -0.2) is 37.2 Å². The van der Waals surface area contributed by atoms with Crippen LogP contribution in [0.2, 0.25) is 0 Å². The van der Waals surface area contributed by atoms with Gasteiger partial charge >= 0.3 is 17.9 Å². The third-order valence-corrected chi connectivity index (χ3v) is 12.1. The number of carbonyl (C=O) groups is 3. The molecule has 0 fully saturated rings. The summed E-state index contributed by atoms with van der Waals surface area (Å²) < 4.78 is 16.8. The quantitative estimate of drug-likeness (QED) is 0.0345. The summed E-state index contributed by atoms with van der Waals surface area (Å²) in [5.41, 5.74) is 0. The normalized spacial score (nSPS) is 11.8. The number of rotatable bonds is 49. The van der Waals surface area contributed by atoms with Gasteiger partial charge in [-0.3, -0.25) is 14.4 Å². The number of ether oxygens (including phenoxy) is 3. The minimum absolute atomic E-state index is 0.0616. The van der Waals surface area contributed by atoms with Crippen molar-refractivity contribution in [3.05, 3.63) is 0 Å². The Morgan fingerprint density at radius 2 is 0.458 bits per heavy atom. The third kappa shape index (κ3) is 47.3. The molecule has 0 saturated carbocycles. The fraction of sp³-hybridized carbons (Fsp3) is 0.943. The lowest BCUT2D eigenvalue weighted by atomic mass is 10.0. The molecular formula is C53H102O6. The molecule has 0 saturated heterocycles. The van der Waals surface area contributed by atoms with Crippen molar-refractivity contribution in [1.82, 2.24) is 0 Å². The standard InChI is InChI=1S/C53H102O6/c1-4-7-10-13-16-19-22-24-26-28-31-34-37-40-43-46-52(55)58-49-50(48-57-51(54)45-42-39-36-33-30-21-18-15-12-9-6-3)59-53(56)47-44-41-38-35-32-29-27-25-23-20-17-14-11-8-5-2/h50H,4-49H2,1-3H3. The van der Waals surface area contributed by atoms with Crippen LogP contribution in [0.25, 0.3) is 0 Å². The van der Waals surface area contributed by atoms with Crippen molar-refractivity contribution in [3.63, 3.8) is 0 Å². The summed E-state index contributed by atoms with van der Waals surface area (Å²) in [5, 5.41) is 0. The van der Waals surface area contributed by atoms with Gasteiger partial charge in [0.25, 0.3) is 0 Å². The average molecular weight is 835 g/mol. The maximum Gasteiger partial charge on any atom is 0.306 e. The molecule has 0 aliphatic heterocycles. The Bertz CT molecular complexity index is 874. The largest absolute Gasteiger partial charge is 0.462 e. The summed E-state index contributed by atoms with van der Waals surface area (Å²) in [6, 6.07) is 0. The van der Waals surface area contributed by atoms with E-state index in [0.717, 1.165) is 57.8 Å². The summed E-state index contributed by atoms with van der Waals surface area (Å²) in [7, 11) is 0. The summed E-state index contributed by atoms with van der Waals surface area (Å²) >= 11 is 0. The highest BCUT2D eigenvalue weighted by molar-refractivity contribution is 5.71. The number of unbranched alkanes of at least 4 members (excludes halogenated alkanes) is 38. The highest BCUT2D eigenvalue weighted by atomic mass is 16.6. The van der Waals surface area contributed by atoms with Crippen LogP contribution in [-0.2, 0) is 28.6 Å². The number of esters is 3. The van der Waals surface area contributed by atoms with Crippen LogP contribution < -0.4 is 0 Å². The lowest BCUT2D eigenvalue weighted by Gasteiger charge is -2.18. The van der Waals surface area contributed by atoms with Gasteiger partial charge in [0.15, 0.2) is 6.10 Å². The van der Waals surface area contributed by atoms with Crippen LogP contribution in [0.4, 0.5) is 0 Å². The van der Waals surface area contributed by atoms with Gasteiger partial charge in [-0.05, 0) is 19.3 Å². The lowest BCUT2D eigenvalue weighted by molar-refractivity contribution is -0.167. The monoisotopic (exact) mass is 835 g/mol. The molecule has 0 heterocycles. The Morgan fingerprint density at radius 1 is 0.271 bits per heavy atom. The Balaban J connectivity index is 4.29. The Labute approximate surface area is 368 Å². The van der Waals surface area contributed by atoms with Gasteiger partial charge in [0.05, 0.1) is 0 Å². The van der Waals surface area contributed by atoms with Crippen molar-refractivity contribution in [1.29, 1.82) is 0 Å². The first-order valence-corrected chi connectivity index (χ1v) is 26.5. The molecule has 0 aliphatic rings. The Morgan fingerprint density at radius 3 is 0.678 bits per heavy atom. The van der Waals surface area contributed by atoms with Crippen LogP contribution in [0.5, 0.6) is 0 Å². The van der Waals surface area contributed by atoms with E-state index in [-0.39, 0.29) is 31.1 Å². The molecule has 0 aliphatic carbocycles. The zero-order chi connectivity index (χ0) is 43.0. The first-order valence-electron chi connectivity index (χ1n) is 26.5. The van der Waals surface area contributed by atoms with Crippen molar-refractivity contribution in [2.45, 2.75) is 309 Å². The molecular weight excluding hydrogens is 733 g/mol. The second kappa shape index (κ2) is 49.1. The summed E-state index contributed by atoms with van der Waals surface area (Å²) in [4.78, 5) is 37.9. The van der Waals surface area contributed by atoms with E-state index in [1.807, 2.05) is 0 Å². The van der Waals surface area contributed by atoms with Gasteiger partial charge in [0.2, 0.25) is 0 Å². The maximum atomic E-state index is 12.8. The van der Waals surface area contributed by atoms with Gasteiger partial charge in [-0.25, -0.2) is 0 Å². The number of hydrogen-bond donors (Lipinski definition) is 0. The number of hydrogen-bond acceptors (Lipinski definition) is 6. The molecule has 6 heteroatoms. The molecule has 0 spiro atoms. The third-order valence-electron chi connectivity index (χ3n) is 12.1. The predicted molar refractivity (Wildman–Crippen MR) is 252 cm³/mol. The molecule has 0 aromatic heterocycles. The molecule has 0 amide bonds. The number of carbonyl (C=O) groups excluding carboxylic acids is 3. The fourth-order valence-corrected chi connectivity index (χ4v) is 8.09. The molecule has 59 heavy (non-hydrogen) atoms. The summed E-state index contributed by atoms with van der Waals surface area (Å²) in [6.07, 6.45) is 52.2. The molecule has 0 bridgehead atoms. The zero-order valence-corrected chi connectivity index (χ0v) is 40.1. The van der Waals surface area contributed by atoms with E-state index in [1.54, 1.807) is 0 Å². The van der Waals surface area contributed by atoms with Gasteiger partial charge in [-0.1, -0.05) is 265 Å². The molecule has 0 aromatic rings. The van der Waals surface area contributed by atoms with Crippen molar-refractivity contribution in [3.8, 4) is 0 Å². The average Bonchev–Trinajstić information content (AvgIpc) is 3.23. The van der Waals surface area contributed by atoms with Gasteiger partial charge in [0.1, 0.15) is 13.2 Å². The first kappa shape index (κ1) is 57.4. The van der Waals surface area contributed by atoms with Crippen molar-refractivity contribution < 1.29 is 28.6 Å². The van der Waals surface area contributed by atoms with E-state index in [9.17, 15) is 14.4 Å². The molecule has 350 valence electrons. The van der Waals surface area contributed by atoms with E-state index in [2.05, 4.69) is 20.8 Å². The Hall–Kier alpha value is -1.59. The van der Waals surface area contributed by atoms with E-state index in [1.165, 1.54) is 205 Å². The molecule has 0 N–H and O–H groups in total. The van der Waals surface area contributed by atoms with E-state index in [0.29, 0.717) is 19.3 Å². The van der Waals surface area contributed by atoms with E-state index in [4.69, 9.17) is 14.2 Å². The topological polar surface area (TPSA) is 78.9 Å². The Kier molecular flexibility index (Phi) is 47.7. The summed E-state index contributed by atoms with van der Waals surface area (Å²) in [6.45, 7) is 6.68. The first-order chi connectivity index (χ1) is 29.0. The SMILES string of the molecule is CCCCCCCCCCCCCCCCCC(=O)OCC(COC(=O)CCCCCCCCCCCCC)OC(=O)CCCCCCCCCCCCCCCCC. The molecule has 6 nitrogen and oxygen atoms in total. The maximum absolute atomic E-state index is 12.8. The smallest absolute Gasteiger partial charge is 0.306 e. The van der Waals surface area contributed by atoms with Crippen molar-refractivity contribution in [2.75, 3.05) is 13.2 Å². The van der Waals surface area contributed by atoms with Crippen LogP contribution >= 0.6 is 0 Å². The predicted octanol–water partition coefficient (Wildman–Crippen LogP) is 17.2. The van der Waals surface area contributed by atoms with Crippen LogP contribution in [0.15, 0.2) is 0 Å². The second-order valence-electron chi connectivity index (χ2n) is 18.2. The van der Waals surface area contributed by atoms with Crippen LogP contribution in [0.1, 0.15) is 303 Å². The molecule has 1 unspecified atom stereocenters. The molecule has 0 rings (SSSR count). The van der Waals surface area contributed by atoms with E-state index < -0.39 is 6.10 Å². The van der Waals surface area contributed by atoms with Gasteiger partial charge in [0, 0.05) is 19.3 Å². The van der Waals surface area contributed by atoms with Gasteiger partial charge in [-0.15, -0.1) is 0 Å².